The van der Waals surface area contributed by atoms with Crippen LogP contribution in [0.5, 0.6) is 0 Å². The molecule has 1 aromatic carbocycles. The number of thiophene rings is 1. The molecule has 2 rings (SSSR count). The van der Waals surface area contributed by atoms with Crippen LogP contribution in [0.2, 0.25) is 0 Å². The van der Waals surface area contributed by atoms with Crippen molar-refractivity contribution in [3.63, 3.8) is 0 Å². The van der Waals surface area contributed by atoms with Crippen molar-refractivity contribution >= 4 is 43.2 Å². The lowest BCUT2D eigenvalue weighted by molar-refractivity contribution is 0.0945. The van der Waals surface area contributed by atoms with Crippen molar-refractivity contribution < 1.29 is 13.2 Å². The predicted molar refractivity (Wildman–Crippen MR) is 81.0 cm³/mol. The molecule has 1 amide bonds. The second-order valence-electron chi connectivity index (χ2n) is 3.98. The average Bonchev–Trinajstić information content (AvgIpc) is 2.83. The van der Waals surface area contributed by atoms with E-state index in [4.69, 9.17) is 0 Å². The topological polar surface area (TPSA) is 75.3 Å². The van der Waals surface area contributed by atoms with Crippen LogP contribution in [-0.2, 0) is 10.0 Å². The first-order chi connectivity index (χ1) is 9.40. The van der Waals surface area contributed by atoms with E-state index in [2.05, 4.69) is 26.2 Å². The predicted octanol–water partition coefficient (Wildman–Crippen LogP) is 2.44. The molecule has 0 aliphatic rings. The number of hydrazine groups is 1. The Morgan fingerprint density at radius 3 is 2.40 bits per heavy atom. The van der Waals surface area contributed by atoms with E-state index in [9.17, 15) is 13.2 Å². The fourth-order valence-electron chi connectivity index (χ4n) is 1.41. The lowest BCUT2D eigenvalue weighted by Crippen LogP contribution is -2.41. The molecule has 0 unspecified atom stereocenters. The maximum absolute atomic E-state index is 12.0. The average molecular weight is 375 g/mol. The molecule has 2 N–H and O–H groups in total. The minimum absolute atomic E-state index is 0.0905. The molecule has 0 saturated heterocycles. The highest BCUT2D eigenvalue weighted by atomic mass is 79.9. The Kier molecular flexibility index (Phi) is 4.59. The minimum Gasteiger partial charge on any atom is -0.273 e. The van der Waals surface area contributed by atoms with Gasteiger partial charge in [-0.25, -0.2) is 8.42 Å². The molecule has 0 bridgehead atoms. The van der Waals surface area contributed by atoms with Crippen molar-refractivity contribution in [2.24, 2.45) is 0 Å². The van der Waals surface area contributed by atoms with Crippen LogP contribution in [0.3, 0.4) is 0 Å². The van der Waals surface area contributed by atoms with Crippen molar-refractivity contribution in [3.05, 3.63) is 50.6 Å². The molecular weight excluding hydrogens is 364 g/mol. The van der Waals surface area contributed by atoms with E-state index in [1.54, 1.807) is 23.6 Å². The highest BCUT2D eigenvalue weighted by Crippen LogP contribution is 2.23. The van der Waals surface area contributed by atoms with E-state index >= 15 is 0 Å². The van der Waals surface area contributed by atoms with Gasteiger partial charge in [0.05, 0.1) is 14.2 Å². The third-order valence-electron chi connectivity index (χ3n) is 2.49. The third kappa shape index (κ3) is 3.45. The summed E-state index contributed by atoms with van der Waals surface area (Å²) < 4.78 is 24.6. The Bertz CT molecular complexity index is 723. The van der Waals surface area contributed by atoms with Crippen molar-refractivity contribution in [2.45, 2.75) is 11.8 Å². The summed E-state index contributed by atoms with van der Waals surface area (Å²) in [4.78, 5) is 14.0. The van der Waals surface area contributed by atoms with E-state index in [0.29, 0.717) is 9.35 Å². The number of hydrogen-bond acceptors (Lipinski definition) is 4. The van der Waals surface area contributed by atoms with Crippen LogP contribution in [0.1, 0.15) is 15.9 Å². The third-order valence-corrected chi connectivity index (χ3v) is 5.44. The van der Waals surface area contributed by atoms with Crippen LogP contribution in [0.25, 0.3) is 0 Å². The molecule has 0 aliphatic carbocycles. The van der Waals surface area contributed by atoms with E-state index in [0.717, 1.165) is 5.56 Å². The molecule has 5 nitrogen and oxygen atoms in total. The number of hydrogen-bond donors (Lipinski definition) is 2. The van der Waals surface area contributed by atoms with E-state index in [1.165, 1.54) is 23.5 Å². The van der Waals surface area contributed by atoms with Gasteiger partial charge >= 0.3 is 0 Å². The standard InChI is InChI=1S/C12H11BrN2O3S2/c1-8-2-4-9(5-3-8)20(17,18)15-14-12(16)10-6-7-19-11(10)13/h2-7,15H,1H3,(H,14,16). The molecule has 0 aliphatic heterocycles. The van der Waals surface area contributed by atoms with Crippen LogP contribution in [0.15, 0.2) is 44.4 Å². The zero-order valence-corrected chi connectivity index (χ0v) is 13.6. The molecule has 1 aromatic heterocycles. The van der Waals surface area contributed by atoms with Crippen LogP contribution in [0, 0.1) is 6.92 Å². The van der Waals surface area contributed by atoms with Gasteiger partial charge in [0.2, 0.25) is 0 Å². The second kappa shape index (κ2) is 6.04. The van der Waals surface area contributed by atoms with Gasteiger partial charge in [-0.1, -0.05) is 17.7 Å². The molecule has 106 valence electrons. The molecule has 0 radical (unpaired) electrons. The van der Waals surface area contributed by atoms with Crippen molar-refractivity contribution in [3.8, 4) is 0 Å². The van der Waals surface area contributed by atoms with E-state index in [1.807, 2.05) is 6.92 Å². The van der Waals surface area contributed by atoms with Gasteiger partial charge in [0, 0.05) is 0 Å². The quantitative estimate of drug-likeness (QED) is 0.807. The first kappa shape index (κ1) is 15.2. The largest absolute Gasteiger partial charge is 0.273 e. The normalized spacial score (nSPS) is 11.3. The number of benzene rings is 1. The second-order valence-corrected chi connectivity index (χ2v) is 7.90. The van der Waals surface area contributed by atoms with Gasteiger partial charge in [-0.3, -0.25) is 10.2 Å². The Labute approximate surface area is 129 Å². The van der Waals surface area contributed by atoms with E-state index < -0.39 is 15.9 Å². The van der Waals surface area contributed by atoms with Gasteiger partial charge in [0.15, 0.2) is 0 Å². The summed E-state index contributed by atoms with van der Waals surface area (Å²) in [7, 11) is -3.77. The SMILES string of the molecule is Cc1ccc(S(=O)(=O)NNC(=O)c2ccsc2Br)cc1. The van der Waals surface area contributed by atoms with Gasteiger partial charge in [-0.05, 0) is 46.4 Å². The maximum Gasteiger partial charge on any atom is 0.268 e. The Morgan fingerprint density at radius 2 is 1.85 bits per heavy atom. The molecule has 0 spiro atoms. The van der Waals surface area contributed by atoms with Gasteiger partial charge in [0.25, 0.3) is 15.9 Å². The molecule has 0 atom stereocenters. The highest BCUT2D eigenvalue weighted by Gasteiger charge is 2.17. The van der Waals surface area contributed by atoms with Crippen LogP contribution in [0.4, 0.5) is 0 Å². The van der Waals surface area contributed by atoms with Crippen LogP contribution < -0.4 is 10.3 Å². The first-order valence-corrected chi connectivity index (χ1v) is 8.67. The van der Waals surface area contributed by atoms with Gasteiger partial charge in [-0.2, -0.15) is 0 Å². The Hall–Kier alpha value is -1.22. The minimum atomic E-state index is -3.77. The monoisotopic (exact) mass is 374 g/mol. The van der Waals surface area contributed by atoms with Crippen LogP contribution >= 0.6 is 27.3 Å². The van der Waals surface area contributed by atoms with Crippen molar-refractivity contribution in [2.75, 3.05) is 0 Å². The summed E-state index contributed by atoms with van der Waals surface area (Å²) in [5.41, 5.74) is 3.51. The summed E-state index contributed by atoms with van der Waals surface area (Å²) in [5, 5.41) is 1.73. The number of amides is 1. The van der Waals surface area contributed by atoms with E-state index in [-0.39, 0.29) is 4.90 Å². The number of halogens is 1. The summed E-state index contributed by atoms with van der Waals surface area (Å²) in [5.74, 6) is -0.520. The fraction of sp³-hybridized carbons (Fsp3) is 0.0833. The van der Waals surface area contributed by atoms with Crippen molar-refractivity contribution in [1.29, 1.82) is 0 Å². The number of aryl methyl sites for hydroxylation is 1. The van der Waals surface area contributed by atoms with Gasteiger partial charge in [-0.15, -0.1) is 16.2 Å². The number of carbonyl (C=O) groups excluding carboxylic acids is 1. The first-order valence-electron chi connectivity index (χ1n) is 5.52. The molecule has 0 saturated carbocycles. The summed E-state index contributed by atoms with van der Waals surface area (Å²) in [6, 6.07) is 7.93. The lowest BCUT2D eigenvalue weighted by atomic mass is 10.2. The summed E-state index contributed by atoms with van der Waals surface area (Å²) in [6.07, 6.45) is 0. The molecule has 0 fully saturated rings. The fourth-order valence-corrected chi connectivity index (χ4v) is 3.50. The van der Waals surface area contributed by atoms with Gasteiger partial charge < -0.3 is 0 Å². The molecule has 2 aromatic rings. The molecular formula is C12H11BrN2O3S2. The van der Waals surface area contributed by atoms with Crippen LogP contribution in [-0.4, -0.2) is 14.3 Å². The molecule has 1 heterocycles. The molecule has 8 heteroatoms. The molecule has 20 heavy (non-hydrogen) atoms. The van der Waals surface area contributed by atoms with Crippen molar-refractivity contribution in [1.82, 2.24) is 10.3 Å². The summed E-state index contributed by atoms with van der Waals surface area (Å²) in [6.45, 7) is 1.86. The number of sulfonamides is 1. The smallest absolute Gasteiger partial charge is 0.268 e. The Balaban J connectivity index is 2.08. The number of carbonyl (C=O) groups is 1. The lowest BCUT2D eigenvalue weighted by Gasteiger charge is -2.08. The highest BCUT2D eigenvalue weighted by molar-refractivity contribution is 9.11. The Morgan fingerprint density at radius 1 is 1.20 bits per heavy atom. The van der Waals surface area contributed by atoms with Gasteiger partial charge in [0.1, 0.15) is 0 Å². The zero-order chi connectivity index (χ0) is 14.8. The maximum atomic E-state index is 12.0. The summed E-state index contributed by atoms with van der Waals surface area (Å²) >= 11 is 4.56. The number of rotatable bonds is 4. The zero-order valence-electron chi connectivity index (χ0n) is 10.4. The number of nitrogens with one attached hydrogen (secondary N) is 2.